The first-order chi connectivity index (χ1) is 16.9. The molecular formula is C25H27N3O5S2. The van der Waals surface area contributed by atoms with Gasteiger partial charge < -0.3 is 14.0 Å². The zero-order valence-corrected chi connectivity index (χ0v) is 21.1. The topological polar surface area (TPSA) is 90.2 Å². The molecule has 2 aromatic carbocycles. The minimum absolute atomic E-state index is 0.192. The van der Waals surface area contributed by atoms with E-state index in [0.717, 1.165) is 23.1 Å². The van der Waals surface area contributed by atoms with Crippen LogP contribution in [-0.4, -0.2) is 49.5 Å². The van der Waals surface area contributed by atoms with Crippen LogP contribution in [0, 0.1) is 5.92 Å². The van der Waals surface area contributed by atoms with E-state index in [1.165, 1.54) is 39.9 Å². The molecule has 1 saturated heterocycles. The van der Waals surface area contributed by atoms with Gasteiger partial charge in [-0.15, -0.1) is 6.58 Å². The van der Waals surface area contributed by atoms with E-state index in [1.54, 1.807) is 6.08 Å². The van der Waals surface area contributed by atoms with Gasteiger partial charge in [-0.1, -0.05) is 24.3 Å². The Kier molecular flexibility index (Phi) is 6.52. The zero-order valence-electron chi connectivity index (χ0n) is 19.5. The quantitative estimate of drug-likeness (QED) is 0.484. The van der Waals surface area contributed by atoms with E-state index in [9.17, 15) is 13.2 Å². The summed E-state index contributed by atoms with van der Waals surface area (Å²) >= 11 is 1.38. The van der Waals surface area contributed by atoms with Crippen LogP contribution < -0.4 is 14.3 Å². The van der Waals surface area contributed by atoms with E-state index in [4.69, 9.17) is 9.47 Å². The lowest BCUT2D eigenvalue weighted by molar-refractivity contribution is 0.0997. The fraction of sp³-hybridized carbons (Fsp3) is 0.360. The summed E-state index contributed by atoms with van der Waals surface area (Å²) < 4.78 is 41.7. The molecular weight excluding hydrogens is 486 g/mol. The van der Waals surface area contributed by atoms with Gasteiger partial charge in [0.25, 0.3) is 5.91 Å². The second kappa shape index (κ2) is 9.60. The normalized spacial score (nSPS) is 17.6. The molecule has 0 N–H and O–H groups in total. The number of fused-ring (bicyclic) bond motifs is 2. The van der Waals surface area contributed by atoms with Gasteiger partial charge in [-0.25, -0.2) is 8.42 Å². The number of carbonyl (C=O) groups excluding carboxylic acids is 1. The number of piperidine rings is 1. The number of amides is 1. The highest BCUT2D eigenvalue weighted by atomic mass is 32.2. The lowest BCUT2D eigenvalue weighted by atomic mass is 10.0. The Bertz CT molecular complexity index is 1450. The average molecular weight is 514 g/mol. The number of sulfonamides is 1. The van der Waals surface area contributed by atoms with Crippen molar-refractivity contribution in [3.8, 4) is 11.5 Å². The van der Waals surface area contributed by atoms with Crippen molar-refractivity contribution in [2.45, 2.75) is 31.2 Å². The maximum absolute atomic E-state index is 13.0. The highest BCUT2D eigenvalue weighted by Crippen LogP contribution is 2.35. The van der Waals surface area contributed by atoms with Crippen LogP contribution in [0.2, 0.25) is 0 Å². The fourth-order valence-electron chi connectivity index (χ4n) is 4.29. The van der Waals surface area contributed by atoms with Crippen LogP contribution in [0.3, 0.4) is 0 Å². The molecule has 10 heteroatoms. The van der Waals surface area contributed by atoms with Gasteiger partial charge in [-0.3, -0.25) is 4.79 Å². The summed E-state index contributed by atoms with van der Waals surface area (Å²) in [5.41, 5.74) is 1.20. The van der Waals surface area contributed by atoms with Crippen LogP contribution in [-0.2, 0) is 16.6 Å². The summed E-state index contributed by atoms with van der Waals surface area (Å²) in [5, 5.41) is 0. The van der Waals surface area contributed by atoms with Crippen LogP contribution >= 0.6 is 11.3 Å². The second-order valence-electron chi connectivity index (χ2n) is 8.78. The third-order valence-corrected chi connectivity index (χ3v) is 9.29. The Hall–Kier alpha value is -2.95. The smallest absolute Gasteiger partial charge is 0.279 e. The van der Waals surface area contributed by atoms with E-state index < -0.39 is 15.9 Å². The molecule has 0 aliphatic carbocycles. The third-order valence-electron chi connectivity index (χ3n) is 6.34. The van der Waals surface area contributed by atoms with E-state index >= 15 is 0 Å². The van der Waals surface area contributed by atoms with Crippen molar-refractivity contribution in [2.75, 3.05) is 26.3 Å². The van der Waals surface area contributed by atoms with Gasteiger partial charge in [-0.2, -0.15) is 9.30 Å². The van der Waals surface area contributed by atoms with E-state index in [-0.39, 0.29) is 4.90 Å². The number of hydrogen-bond donors (Lipinski definition) is 0. The summed E-state index contributed by atoms with van der Waals surface area (Å²) in [4.78, 5) is 18.1. The molecule has 2 aliphatic heterocycles. The van der Waals surface area contributed by atoms with E-state index in [2.05, 4.69) is 18.5 Å². The first-order valence-electron chi connectivity index (χ1n) is 11.6. The van der Waals surface area contributed by atoms with Gasteiger partial charge in [0, 0.05) is 37.3 Å². The molecule has 3 heterocycles. The molecule has 1 aromatic heterocycles. The molecule has 2 aliphatic rings. The Balaban J connectivity index is 1.45. The molecule has 0 atom stereocenters. The molecule has 184 valence electrons. The molecule has 0 bridgehead atoms. The Labute approximate surface area is 208 Å². The number of allylic oxidation sites excluding steroid dienone is 1. The molecule has 8 nitrogen and oxygen atoms in total. The number of ether oxygens (including phenoxy) is 2. The number of hydrogen-bond acceptors (Lipinski definition) is 6. The minimum Gasteiger partial charge on any atom is -0.486 e. The maximum atomic E-state index is 13.0. The van der Waals surface area contributed by atoms with Gasteiger partial charge >= 0.3 is 0 Å². The number of rotatable bonds is 5. The largest absolute Gasteiger partial charge is 0.486 e. The second-order valence-corrected chi connectivity index (χ2v) is 11.7. The standard InChI is InChI=1S/C25H27N3O5S2/c1-3-10-28-20-15-21-22(33-14-13-32-21)16-23(20)34-25(28)26-24(29)18-4-6-19(7-5-18)35(30,31)27-11-8-17(2)9-12-27/h3-7,15-17H,1,8-14H2,2H3. The SMILES string of the molecule is C=CCn1c(=NC(=O)c2ccc(S(=O)(=O)N3CCC(C)CC3)cc2)sc2cc3c(cc21)OCCO3. The summed E-state index contributed by atoms with van der Waals surface area (Å²) in [7, 11) is -3.57. The summed E-state index contributed by atoms with van der Waals surface area (Å²) in [6, 6.07) is 9.82. The minimum atomic E-state index is -3.57. The van der Waals surface area contributed by atoms with Crippen LogP contribution in [0.4, 0.5) is 0 Å². The molecule has 35 heavy (non-hydrogen) atoms. The predicted molar refractivity (Wildman–Crippen MR) is 134 cm³/mol. The van der Waals surface area contributed by atoms with E-state index in [1.807, 2.05) is 16.7 Å². The Morgan fingerprint density at radius 3 is 2.46 bits per heavy atom. The molecule has 0 radical (unpaired) electrons. The molecule has 0 spiro atoms. The number of carbonyl (C=O) groups is 1. The molecule has 0 saturated carbocycles. The highest BCUT2D eigenvalue weighted by Gasteiger charge is 2.28. The summed E-state index contributed by atoms with van der Waals surface area (Å²) in [6.45, 7) is 8.46. The van der Waals surface area contributed by atoms with Gasteiger partial charge in [0.15, 0.2) is 16.3 Å². The van der Waals surface area contributed by atoms with Gasteiger partial charge in [0.05, 0.1) is 15.1 Å². The van der Waals surface area contributed by atoms with Crippen molar-refractivity contribution in [2.24, 2.45) is 10.9 Å². The molecule has 3 aromatic rings. The van der Waals surface area contributed by atoms with Gasteiger partial charge in [0.1, 0.15) is 13.2 Å². The summed E-state index contributed by atoms with van der Waals surface area (Å²) in [5.74, 6) is 1.43. The van der Waals surface area contributed by atoms with Crippen molar-refractivity contribution in [3.63, 3.8) is 0 Å². The van der Waals surface area contributed by atoms with Crippen molar-refractivity contribution in [3.05, 3.63) is 59.4 Å². The molecule has 1 fully saturated rings. The molecule has 0 unspecified atom stereocenters. The maximum Gasteiger partial charge on any atom is 0.279 e. The van der Waals surface area contributed by atoms with Crippen LogP contribution in [0.25, 0.3) is 10.2 Å². The number of thiazole rings is 1. The lowest BCUT2D eigenvalue weighted by Gasteiger charge is -2.29. The zero-order chi connectivity index (χ0) is 24.6. The van der Waals surface area contributed by atoms with Gasteiger partial charge in [-0.05, 0) is 43.0 Å². The lowest BCUT2D eigenvalue weighted by Crippen LogP contribution is -2.37. The predicted octanol–water partition coefficient (Wildman–Crippen LogP) is 3.82. The van der Waals surface area contributed by atoms with Crippen molar-refractivity contribution in [1.29, 1.82) is 0 Å². The third kappa shape index (κ3) is 4.65. The number of benzene rings is 2. The number of aromatic nitrogens is 1. The van der Waals surface area contributed by atoms with Crippen LogP contribution in [0.1, 0.15) is 30.1 Å². The first-order valence-corrected chi connectivity index (χ1v) is 13.9. The fourth-order valence-corrected chi connectivity index (χ4v) is 6.81. The molecule has 5 rings (SSSR count). The number of nitrogens with zero attached hydrogens (tertiary/aromatic N) is 3. The monoisotopic (exact) mass is 513 g/mol. The molecule has 1 amide bonds. The first kappa shape index (κ1) is 23.8. The Morgan fingerprint density at radius 1 is 1.14 bits per heavy atom. The van der Waals surface area contributed by atoms with E-state index in [0.29, 0.717) is 60.6 Å². The highest BCUT2D eigenvalue weighted by molar-refractivity contribution is 7.89. The van der Waals surface area contributed by atoms with Crippen LogP contribution in [0.15, 0.2) is 58.9 Å². The van der Waals surface area contributed by atoms with Gasteiger partial charge in [0.2, 0.25) is 10.0 Å². The van der Waals surface area contributed by atoms with Crippen molar-refractivity contribution < 1.29 is 22.7 Å². The van der Waals surface area contributed by atoms with Crippen LogP contribution in [0.5, 0.6) is 11.5 Å². The Morgan fingerprint density at radius 2 is 1.80 bits per heavy atom. The average Bonchev–Trinajstić information content (AvgIpc) is 3.18. The summed E-state index contributed by atoms with van der Waals surface area (Å²) in [6.07, 6.45) is 3.46. The van der Waals surface area contributed by atoms with Crippen molar-refractivity contribution >= 4 is 37.5 Å². The van der Waals surface area contributed by atoms with Crippen molar-refractivity contribution in [1.82, 2.24) is 8.87 Å².